The van der Waals surface area contributed by atoms with Gasteiger partial charge >= 0.3 is 0 Å². The fraction of sp³-hybridized carbons (Fsp3) is 0.368. The van der Waals surface area contributed by atoms with E-state index in [9.17, 15) is 0 Å². The van der Waals surface area contributed by atoms with E-state index in [1.807, 2.05) is 0 Å². The number of fused-ring (bicyclic) bond motifs is 1. The molecule has 0 spiro atoms. The fourth-order valence-electron chi connectivity index (χ4n) is 3.24. The summed E-state index contributed by atoms with van der Waals surface area (Å²) in [6.45, 7) is 2.30. The summed E-state index contributed by atoms with van der Waals surface area (Å²) >= 11 is 3.67. The van der Waals surface area contributed by atoms with Crippen LogP contribution in [0.2, 0.25) is 0 Å². The van der Waals surface area contributed by atoms with Crippen LogP contribution in [0.25, 0.3) is 0 Å². The van der Waals surface area contributed by atoms with Crippen LogP contribution in [0.5, 0.6) is 0 Å². The first-order valence-corrected chi connectivity index (χ1v) is 8.60. The Kier molecular flexibility index (Phi) is 4.77. The Labute approximate surface area is 135 Å². The first-order chi connectivity index (χ1) is 10.2. The highest BCUT2D eigenvalue weighted by atomic mass is 79.9. The average Bonchev–Trinajstić information content (AvgIpc) is 2.91. The molecule has 0 saturated heterocycles. The van der Waals surface area contributed by atoms with Gasteiger partial charge in [-0.05, 0) is 55.4 Å². The molecule has 3 rings (SSSR count). The molecular weight excluding hydrogens is 322 g/mol. The van der Waals surface area contributed by atoms with Gasteiger partial charge in [0, 0.05) is 16.6 Å². The maximum absolute atomic E-state index is 3.81. The van der Waals surface area contributed by atoms with Crippen molar-refractivity contribution >= 4 is 15.9 Å². The van der Waals surface area contributed by atoms with Crippen LogP contribution in [0.4, 0.5) is 0 Å². The Hall–Kier alpha value is -1.12. The molecule has 21 heavy (non-hydrogen) atoms. The van der Waals surface area contributed by atoms with Gasteiger partial charge in [0.15, 0.2) is 0 Å². The normalized spacial score (nSPS) is 18.5. The van der Waals surface area contributed by atoms with Gasteiger partial charge in [0.25, 0.3) is 0 Å². The summed E-state index contributed by atoms with van der Waals surface area (Å²) in [5.74, 6) is 0. The zero-order valence-electron chi connectivity index (χ0n) is 12.5. The van der Waals surface area contributed by atoms with Crippen LogP contribution in [0.1, 0.15) is 42.5 Å². The van der Waals surface area contributed by atoms with Gasteiger partial charge in [-0.3, -0.25) is 0 Å². The highest BCUT2D eigenvalue weighted by Gasteiger charge is 2.24. The van der Waals surface area contributed by atoms with E-state index in [4.69, 9.17) is 0 Å². The van der Waals surface area contributed by atoms with Crippen molar-refractivity contribution in [1.82, 2.24) is 5.32 Å². The molecule has 1 N–H and O–H groups in total. The third kappa shape index (κ3) is 3.56. The van der Waals surface area contributed by atoms with Crippen LogP contribution >= 0.6 is 15.9 Å². The summed E-state index contributed by atoms with van der Waals surface area (Å²) in [6.07, 6.45) is 4.73. The van der Waals surface area contributed by atoms with Crippen LogP contribution in [0.3, 0.4) is 0 Å². The Balaban J connectivity index is 1.57. The monoisotopic (exact) mass is 343 g/mol. The minimum absolute atomic E-state index is 0.517. The highest BCUT2D eigenvalue weighted by molar-refractivity contribution is 9.10. The molecule has 0 saturated carbocycles. The molecule has 2 aromatic rings. The topological polar surface area (TPSA) is 12.0 Å². The summed E-state index contributed by atoms with van der Waals surface area (Å²) in [7, 11) is 0. The minimum Gasteiger partial charge on any atom is -0.307 e. The molecular formula is C19H22BrN. The third-order valence-electron chi connectivity index (χ3n) is 4.41. The third-order valence-corrected chi connectivity index (χ3v) is 5.15. The van der Waals surface area contributed by atoms with E-state index in [0.29, 0.717) is 12.1 Å². The predicted molar refractivity (Wildman–Crippen MR) is 92.6 cm³/mol. The lowest BCUT2D eigenvalue weighted by Gasteiger charge is -2.20. The summed E-state index contributed by atoms with van der Waals surface area (Å²) in [5.41, 5.74) is 4.40. The first-order valence-electron chi connectivity index (χ1n) is 7.81. The molecule has 0 bridgehead atoms. The first kappa shape index (κ1) is 14.8. The lowest BCUT2D eigenvalue weighted by Crippen LogP contribution is -2.29. The largest absolute Gasteiger partial charge is 0.307 e. The zero-order valence-corrected chi connectivity index (χ0v) is 14.1. The Bertz CT molecular complexity index is 594. The van der Waals surface area contributed by atoms with Gasteiger partial charge in [-0.1, -0.05) is 58.4 Å². The van der Waals surface area contributed by atoms with Gasteiger partial charge in [0.1, 0.15) is 0 Å². The van der Waals surface area contributed by atoms with Gasteiger partial charge < -0.3 is 5.32 Å². The summed E-state index contributed by atoms with van der Waals surface area (Å²) < 4.78 is 1.27. The van der Waals surface area contributed by atoms with Crippen molar-refractivity contribution in [3.63, 3.8) is 0 Å². The summed E-state index contributed by atoms with van der Waals surface area (Å²) in [5, 5.41) is 3.81. The Morgan fingerprint density at radius 1 is 1.14 bits per heavy atom. The Morgan fingerprint density at radius 3 is 2.76 bits per heavy atom. The number of nitrogens with one attached hydrogen (secondary N) is 1. The molecule has 0 heterocycles. The molecule has 1 aliphatic rings. The number of halogens is 1. The molecule has 2 aromatic carbocycles. The number of rotatable bonds is 5. The zero-order chi connectivity index (χ0) is 14.7. The highest BCUT2D eigenvalue weighted by Crippen LogP contribution is 2.35. The Morgan fingerprint density at radius 2 is 1.95 bits per heavy atom. The van der Waals surface area contributed by atoms with E-state index in [-0.39, 0.29) is 0 Å². The summed E-state index contributed by atoms with van der Waals surface area (Å²) in [6, 6.07) is 18.4. The quantitative estimate of drug-likeness (QED) is 0.801. The molecule has 0 radical (unpaired) electrons. The van der Waals surface area contributed by atoms with Crippen LogP contribution < -0.4 is 5.32 Å². The maximum Gasteiger partial charge on any atom is 0.0328 e. The van der Waals surface area contributed by atoms with Gasteiger partial charge in [0.05, 0.1) is 0 Å². The molecule has 0 fully saturated rings. The molecule has 2 atom stereocenters. The van der Waals surface area contributed by atoms with E-state index in [0.717, 1.165) is 6.42 Å². The summed E-state index contributed by atoms with van der Waals surface area (Å²) in [4.78, 5) is 0. The molecule has 1 aliphatic carbocycles. The molecule has 0 aromatic heterocycles. The van der Waals surface area contributed by atoms with Crippen LogP contribution in [-0.2, 0) is 12.8 Å². The SMILES string of the molecule is CC(CCc1ccccc1)NC1CCc2c(Br)cccc21. The standard InChI is InChI=1S/C19H22BrN/c1-14(10-11-15-6-3-2-4-7-15)21-19-13-12-16-17(19)8-5-9-18(16)20/h2-9,14,19,21H,10-13H2,1H3. The van der Waals surface area contributed by atoms with Gasteiger partial charge in [0.2, 0.25) is 0 Å². The van der Waals surface area contributed by atoms with Crippen molar-refractivity contribution in [3.05, 3.63) is 69.7 Å². The molecule has 1 nitrogen and oxygen atoms in total. The second-order valence-electron chi connectivity index (χ2n) is 5.99. The number of hydrogen-bond acceptors (Lipinski definition) is 1. The van der Waals surface area contributed by atoms with E-state index < -0.39 is 0 Å². The van der Waals surface area contributed by atoms with E-state index in [2.05, 4.69) is 76.7 Å². The van der Waals surface area contributed by atoms with Gasteiger partial charge in [-0.15, -0.1) is 0 Å². The molecule has 2 unspecified atom stereocenters. The number of aryl methyl sites for hydroxylation is 1. The van der Waals surface area contributed by atoms with Gasteiger partial charge in [-0.25, -0.2) is 0 Å². The van der Waals surface area contributed by atoms with E-state index in [1.54, 1.807) is 0 Å². The van der Waals surface area contributed by atoms with Gasteiger partial charge in [-0.2, -0.15) is 0 Å². The van der Waals surface area contributed by atoms with Crippen molar-refractivity contribution in [2.75, 3.05) is 0 Å². The van der Waals surface area contributed by atoms with Crippen LogP contribution in [-0.4, -0.2) is 6.04 Å². The second kappa shape index (κ2) is 6.76. The smallest absolute Gasteiger partial charge is 0.0328 e. The fourth-order valence-corrected chi connectivity index (χ4v) is 3.82. The number of hydrogen-bond donors (Lipinski definition) is 1. The van der Waals surface area contributed by atoms with Crippen molar-refractivity contribution in [2.45, 2.75) is 44.7 Å². The van der Waals surface area contributed by atoms with E-state index >= 15 is 0 Å². The maximum atomic E-state index is 3.81. The lowest BCUT2D eigenvalue weighted by molar-refractivity contribution is 0.434. The van der Waals surface area contributed by atoms with Crippen molar-refractivity contribution in [3.8, 4) is 0 Å². The van der Waals surface area contributed by atoms with E-state index in [1.165, 1.54) is 40.4 Å². The average molecular weight is 344 g/mol. The van der Waals surface area contributed by atoms with Crippen LogP contribution in [0.15, 0.2) is 53.0 Å². The number of benzene rings is 2. The van der Waals surface area contributed by atoms with Crippen molar-refractivity contribution in [1.29, 1.82) is 0 Å². The van der Waals surface area contributed by atoms with Crippen molar-refractivity contribution in [2.24, 2.45) is 0 Å². The lowest BCUT2D eigenvalue weighted by atomic mass is 10.0. The molecule has 2 heteroatoms. The molecule has 110 valence electrons. The minimum atomic E-state index is 0.517. The van der Waals surface area contributed by atoms with Crippen LogP contribution in [0, 0.1) is 0 Å². The van der Waals surface area contributed by atoms with Crippen molar-refractivity contribution < 1.29 is 0 Å². The second-order valence-corrected chi connectivity index (χ2v) is 6.85. The molecule has 0 amide bonds. The predicted octanol–water partition coefficient (Wildman–Crippen LogP) is 5.05. The molecule has 0 aliphatic heterocycles.